The Hall–Kier alpha value is -3.01. The summed E-state index contributed by atoms with van der Waals surface area (Å²) in [6.07, 6.45) is 0. The molecule has 0 saturated heterocycles. The van der Waals surface area contributed by atoms with Gasteiger partial charge in [-0.2, -0.15) is 0 Å². The fourth-order valence-corrected chi connectivity index (χ4v) is 2.08. The number of rotatable bonds is 5. The number of hydrogen-bond acceptors (Lipinski definition) is 8. The van der Waals surface area contributed by atoms with Crippen LogP contribution >= 0.6 is 11.6 Å². The summed E-state index contributed by atoms with van der Waals surface area (Å²) in [5, 5.41) is 21.6. The third kappa shape index (κ3) is 3.80. The summed E-state index contributed by atoms with van der Waals surface area (Å²) in [4.78, 5) is 28.5. The Kier molecular flexibility index (Phi) is 4.55. The first-order valence-electron chi connectivity index (χ1n) is 6.24. The molecular formula is C12H11ClN6O4. The van der Waals surface area contributed by atoms with Crippen molar-refractivity contribution in [3.63, 3.8) is 0 Å². The van der Waals surface area contributed by atoms with Crippen LogP contribution < -0.4 is 10.9 Å². The van der Waals surface area contributed by atoms with Crippen LogP contribution in [0.5, 0.6) is 0 Å². The molecule has 0 bridgehead atoms. The molecule has 1 heterocycles. The fraction of sp³-hybridized carbons (Fsp3) is 0.167. The number of hydrogen-bond donors (Lipinski definition) is 2. The maximum absolute atomic E-state index is 11.1. The minimum Gasteiger partial charge on any atom is -0.292 e. The van der Waals surface area contributed by atoms with E-state index in [4.69, 9.17) is 11.6 Å². The van der Waals surface area contributed by atoms with Gasteiger partial charge in [0.05, 0.1) is 15.9 Å². The zero-order valence-electron chi connectivity index (χ0n) is 12.0. The number of nitrogens with one attached hydrogen (secondary N) is 2. The van der Waals surface area contributed by atoms with E-state index >= 15 is 0 Å². The minimum atomic E-state index is -0.792. The van der Waals surface area contributed by atoms with E-state index in [1.807, 2.05) is 0 Å². The molecule has 0 unspecified atom stereocenters. The van der Waals surface area contributed by atoms with Crippen LogP contribution in [0.25, 0.3) is 0 Å². The number of aryl methyl sites for hydroxylation is 2. The first-order valence-corrected chi connectivity index (χ1v) is 6.62. The van der Waals surface area contributed by atoms with Crippen molar-refractivity contribution in [1.29, 1.82) is 0 Å². The average Bonchev–Trinajstić information content (AvgIpc) is 2.43. The maximum Gasteiger partial charge on any atom is 0.301 e. The van der Waals surface area contributed by atoms with Crippen molar-refractivity contribution in [2.45, 2.75) is 13.8 Å². The second-order valence-electron chi connectivity index (χ2n) is 4.56. The fourth-order valence-electron chi connectivity index (χ4n) is 1.85. The summed E-state index contributed by atoms with van der Waals surface area (Å²) >= 11 is 5.77. The molecule has 1 aromatic carbocycles. The predicted molar refractivity (Wildman–Crippen MR) is 83.5 cm³/mol. The van der Waals surface area contributed by atoms with Crippen LogP contribution in [-0.4, -0.2) is 19.8 Å². The molecule has 0 aliphatic carbocycles. The topological polar surface area (TPSA) is 136 Å². The maximum atomic E-state index is 11.1. The summed E-state index contributed by atoms with van der Waals surface area (Å²) < 4.78 is 0. The molecule has 0 aliphatic heterocycles. The molecule has 2 N–H and O–H groups in total. The summed E-state index contributed by atoms with van der Waals surface area (Å²) in [5.74, 6) is 0.200. The highest BCUT2D eigenvalue weighted by Gasteiger charge is 2.23. The van der Waals surface area contributed by atoms with Crippen molar-refractivity contribution in [1.82, 2.24) is 9.97 Å². The highest BCUT2D eigenvalue weighted by Crippen LogP contribution is 2.35. The van der Waals surface area contributed by atoms with Crippen LogP contribution in [0, 0.1) is 34.1 Å². The van der Waals surface area contributed by atoms with Gasteiger partial charge in [-0.25, -0.2) is 9.97 Å². The van der Waals surface area contributed by atoms with Crippen molar-refractivity contribution < 1.29 is 9.85 Å². The third-order valence-corrected chi connectivity index (χ3v) is 3.05. The van der Waals surface area contributed by atoms with Gasteiger partial charge in [-0.15, -0.1) is 0 Å². The highest BCUT2D eigenvalue weighted by molar-refractivity contribution is 6.33. The van der Waals surface area contributed by atoms with Gasteiger partial charge in [-0.05, 0) is 26.0 Å². The van der Waals surface area contributed by atoms with Gasteiger partial charge in [0, 0.05) is 11.4 Å². The van der Waals surface area contributed by atoms with Gasteiger partial charge in [0.25, 0.3) is 5.69 Å². The second kappa shape index (κ2) is 6.40. The lowest BCUT2D eigenvalue weighted by Gasteiger charge is -2.10. The van der Waals surface area contributed by atoms with E-state index in [-0.39, 0.29) is 16.7 Å². The van der Waals surface area contributed by atoms with Crippen LogP contribution in [0.2, 0.25) is 5.02 Å². The lowest BCUT2D eigenvalue weighted by molar-refractivity contribution is -0.393. The molecule has 120 valence electrons. The third-order valence-electron chi connectivity index (χ3n) is 2.75. The Bertz CT molecular complexity index is 777. The Morgan fingerprint density at radius 3 is 2.04 bits per heavy atom. The van der Waals surface area contributed by atoms with Gasteiger partial charge in [0.1, 0.15) is 10.7 Å². The molecule has 23 heavy (non-hydrogen) atoms. The van der Waals surface area contributed by atoms with Gasteiger partial charge >= 0.3 is 5.69 Å². The predicted octanol–water partition coefficient (Wildman–Crippen LogP) is 3.00. The SMILES string of the molecule is Cc1cc(C)nc(NNc2cc(Cl)c([N+](=O)[O-])cc2[N+](=O)[O-])n1. The van der Waals surface area contributed by atoms with Crippen LogP contribution in [0.15, 0.2) is 18.2 Å². The van der Waals surface area contributed by atoms with E-state index in [1.54, 1.807) is 19.9 Å². The Morgan fingerprint density at radius 1 is 0.957 bits per heavy atom. The average molecular weight is 339 g/mol. The first-order chi connectivity index (χ1) is 10.8. The first kappa shape index (κ1) is 16.4. The second-order valence-corrected chi connectivity index (χ2v) is 4.97. The summed E-state index contributed by atoms with van der Waals surface area (Å²) in [6, 6.07) is 3.64. The molecule has 1 aromatic heterocycles. The van der Waals surface area contributed by atoms with E-state index in [9.17, 15) is 20.2 Å². The number of nitrogens with zero attached hydrogens (tertiary/aromatic N) is 4. The Morgan fingerprint density at radius 2 is 1.52 bits per heavy atom. The number of benzene rings is 1. The molecule has 0 atom stereocenters. The van der Waals surface area contributed by atoms with Gasteiger partial charge < -0.3 is 0 Å². The number of halogens is 1. The Balaban J connectivity index is 2.33. The van der Waals surface area contributed by atoms with Crippen molar-refractivity contribution >= 4 is 34.6 Å². The molecule has 0 saturated carbocycles. The van der Waals surface area contributed by atoms with E-state index in [2.05, 4.69) is 20.8 Å². The van der Waals surface area contributed by atoms with Gasteiger partial charge in [-0.1, -0.05) is 11.6 Å². The molecule has 10 nitrogen and oxygen atoms in total. The number of anilines is 2. The van der Waals surface area contributed by atoms with Gasteiger partial charge in [0.15, 0.2) is 0 Å². The number of nitro benzene ring substituents is 2. The normalized spacial score (nSPS) is 10.2. The summed E-state index contributed by atoms with van der Waals surface area (Å²) in [6.45, 7) is 3.54. The molecule has 0 amide bonds. The largest absolute Gasteiger partial charge is 0.301 e. The van der Waals surface area contributed by atoms with Crippen LogP contribution in [-0.2, 0) is 0 Å². The van der Waals surface area contributed by atoms with E-state index in [0.717, 1.165) is 12.1 Å². The number of nitro groups is 2. The molecule has 0 aliphatic rings. The summed E-state index contributed by atoms with van der Waals surface area (Å²) in [7, 11) is 0. The quantitative estimate of drug-likeness (QED) is 0.627. The van der Waals surface area contributed by atoms with E-state index in [0.29, 0.717) is 11.4 Å². The number of hydrazine groups is 1. The molecule has 0 fully saturated rings. The number of aromatic nitrogens is 2. The van der Waals surface area contributed by atoms with Gasteiger partial charge in [-0.3, -0.25) is 31.1 Å². The molecule has 11 heteroatoms. The molecule has 2 aromatic rings. The monoisotopic (exact) mass is 338 g/mol. The highest BCUT2D eigenvalue weighted by atomic mass is 35.5. The van der Waals surface area contributed by atoms with Crippen molar-refractivity contribution in [3.8, 4) is 0 Å². The zero-order valence-corrected chi connectivity index (χ0v) is 12.8. The summed E-state index contributed by atoms with van der Waals surface area (Å²) in [5.41, 5.74) is 5.47. The van der Waals surface area contributed by atoms with E-state index < -0.39 is 21.2 Å². The van der Waals surface area contributed by atoms with Crippen molar-refractivity contribution in [3.05, 3.63) is 54.8 Å². The zero-order chi connectivity index (χ0) is 17.1. The van der Waals surface area contributed by atoms with Crippen LogP contribution in [0.1, 0.15) is 11.4 Å². The lowest BCUT2D eigenvalue weighted by Crippen LogP contribution is -2.14. The standard InChI is InChI=1S/C12H11ClN6O4/c1-6-3-7(2)15-12(14-6)17-16-9-4-8(13)10(18(20)21)5-11(9)19(22)23/h3-5,16H,1-2H3,(H,14,15,17). The smallest absolute Gasteiger partial charge is 0.292 e. The lowest BCUT2D eigenvalue weighted by atomic mass is 10.2. The minimum absolute atomic E-state index is 0.0478. The molecule has 2 rings (SSSR count). The van der Waals surface area contributed by atoms with Crippen LogP contribution in [0.4, 0.5) is 23.0 Å². The van der Waals surface area contributed by atoms with Crippen molar-refractivity contribution in [2.24, 2.45) is 0 Å². The van der Waals surface area contributed by atoms with Crippen LogP contribution in [0.3, 0.4) is 0 Å². The Labute approximate surface area is 134 Å². The van der Waals surface area contributed by atoms with Crippen molar-refractivity contribution in [2.75, 3.05) is 10.9 Å². The van der Waals surface area contributed by atoms with Gasteiger partial charge in [0.2, 0.25) is 5.95 Å². The van der Waals surface area contributed by atoms with E-state index in [1.165, 1.54) is 0 Å². The molecular weight excluding hydrogens is 328 g/mol. The molecule has 0 radical (unpaired) electrons. The molecule has 0 spiro atoms.